The van der Waals surface area contributed by atoms with Gasteiger partial charge in [-0.2, -0.15) is 4.98 Å². The summed E-state index contributed by atoms with van der Waals surface area (Å²) < 4.78 is 5.31. The van der Waals surface area contributed by atoms with Crippen molar-refractivity contribution in [2.75, 3.05) is 31.6 Å². The zero-order valence-electron chi connectivity index (χ0n) is 11.5. The van der Waals surface area contributed by atoms with Crippen LogP contribution in [0.25, 0.3) is 0 Å². The van der Waals surface area contributed by atoms with E-state index in [1.54, 1.807) is 12.4 Å². The van der Waals surface area contributed by atoms with Crippen LogP contribution in [0.15, 0.2) is 23.0 Å². The van der Waals surface area contributed by atoms with Crippen LogP contribution in [0.4, 0.5) is 5.69 Å². The molecular weight excluding hydrogens is 278 g/mol. The molecule has 0 saturated carbocycles. The molecule has 6 nitrogen and oxygen atoms in total. The van der Waals surface area contributed by atoms with Crippen molar-refractivity contribution in [3.05, 3.63) is 35.2 Å². The van der Waals surface area contributed by atoms with Gasteiger partial charge >= 0.3 is 0 Å². The first-order valence-electron chi connectivity index (χ1n) is 6.50. The third-order valence-electron chi connectivity index (χ3n) is 3.57. The standard InChI is InChI=1S/C13H16ClN5O/c1-9-16-13(20-17-9)12-8-19(6-5-18(12)2)11-3-4-15-7-10(11)14/h3-4,7,12H,5-6,8H2,1-2H3. The van der Waals surface area contributed by atoms with Gasteiger partial charge in [-0.1, -0.05) is 16.8 Å². The van der Waals surface area contributed by atoms with Gasteiger partial charge in [0.05, 0.1) is 10.7 Å². The van der Waals surface area contributed by atoms with E-state index in [1.807, 2.05) is 13.0 Å². The second-order valence-electron chi connectivity index (χ2n) is 4.95. The quantitative estimate of drug-likeness (QED) is 0.843. The lowest BCUT2D eigenvalue weighted by Gasteiger charge is -2.39. The molecule has 0 bridgehead atoms. The third-order valence-corrected chi connectivity index (χ3v) is 3.86. The van der Waals surface area contributed by atoms with E-state index in [-0.39, 0.29) is 6.04 Å². The average molecular weight is 294 g/mol. The number of pyridine rings is 1. The van der Waals surface area contributed by atoms with Crippen LogP contribution in [0.3, 0.4) is 0 Å². The molecule has 2 aromatic heterocycles. The predicted molar refractivity (Wildman–Crippen MR) is 75.9 cm³/mol. The first-order valence-corrected chi connectivity index (χ1v) is 6.88. The summed E-state index contributed by atoms with van der Waals surface area (Å²) in [6.07, 6.45) is 3.42. The second kappa shape index (κ2) is 5.38. The summed E-state index contributed by atoms with van der Waals surface area (Å²) in [5.41, 5.74) is 0.996. The van der Waals surface area contributed by atoms with Crippen molar-refractivity contribution in [3.63, 3.8) is 0 Å². The number of anilines is 1. The summed E-state index contributed by atoms with van der Waals surface area (Å²) in [6.45, 7) is 4.41. The molecule has 1 aliphatic rings. The van der Waals surface area contributed by atoms with Crippen molar-refractivity contribution in [1.82, 2.24) is 20.0 Å². The van der Waals surface area contributed by atoms with Crippen molar-refractivity contribution in [1.29, 1.82) is 0 Å². The van der Waals surface area contributed by atoms with E-state index in [0.29, 0.717) is 16.7 Å². The van der Waals surface area contributed by atoms with Gasteiger partial charge in [-0.15, -0.1) is 0 Å². The van der Waals surface area contributed by atoms with Gasteiger partial charge < -0.3 is 9.42 Å². The van der Waals surface area contributed by atoms with Crippen molar-refractivity contribution in [2.24, 2.45) is 0 Å². The van der Waals surface area contributed by atoms with Crippen LogP contribution >= 0.6 is 11.6 Å². The maximum Gasteiger partial charge on any atom is 0.245 e. The zero-order chi connectivity index (χ0) is 14.1. The molecule has 1 aliphatic heterocycles. The van der Waals surface area contributed by atoms with E-state index in [2.05, 4.69) is 32.0 Å². The molecule has 0 aliphatic carbocycles. The molecule has 3 rings (SSSR count). The van der Waals surface area contributed by atoms with Crippen LogP contribution in [-0.4, -0.2) is 46.7 Å². The third kappa shape index (κ3) is 2.48. The monoisotopic (exact) mass is 293 g/mol. The van der Waals surface area contributed by atoms with Gasteiger partial charge in [0.15, 0.2) is 5.82 Å². The fourth-order valence-electron chi connectivity index (χ4n) is 2.43. The summed E-state index contributed by atoms with van der Waals surface area (Å²) in [4.78, 5) is 12.8. The van der Waals surface area contributed by atoms with Gasteiger partial charge in [0, 0.05) is 32.0 Å². The molecule has 0 N–H and O–H groups in total. The predicted octanol–water partition coefficient (Wildman–Crippen LogP) is 1.92. The van der Waals surface area contributed by atoms with Crippen molar-refractivity contribution in [3.8, 4) is 0 Å². The van der Waals surface area contributed by atoms with E-state index in [1.165, 1.54) is 0 Å². The van der Waals surface area contributed by atoms with Crippen LogP contribution in [0.2, 0.25) is 5.02 Å². The molecule has 2 aromatic rings. The van der Waals surface area contributed by atoms with E-state index in [4.69, 9.17) is 16.1 Å². The number of hydrogen-bond donors (Lipinski definition) is 0. The smallest absolute Gasteiger partial charge is 0.245 e. The second-order valence-corrected chi connectivity index (χ2v) is 5.36. The molecule has 0 radical (unpaired) electrons. The summed E-state index contributed by atoms with van der Waals surface area (Å²) in [7, 11) is 2.07. The van der Waals surface area contributed by atoms with Crippen molar-refractivity contribution >= 4 is 17.3 Å². The van der Waals surface area contributed by atoms with Gasteiger partial charge in [0.2, 0.25) is 5.89 Å². The number of aryl methyl sites for hydroxylation is 1. The number of nitrogens with zero attached hydrogens (tertiary/aromatic N) is 5. The van der Waals surface area contributed by atoms with Gasteiger partial charge in [-0.05, 0) is 20.0 Å². The molecule has 3 heterocycles. The fraction of sp³-hybridized carbons (Fsp3) is 0.462. The zero-order valence-corrected chi connectivity index (χ0v) is 12.2. The van der Waals surface area contributed by atoms with Crippen molar-refractivity contribution < 1.29 is 4.52 Å². The highest BCUT2D eigenvalue weighted by molar-refractivity contribution is 6.33. The van der Waals surface area contributed by atoms with Gasteiger partial charge in [-0.25, -0.2) is 0 Å². The molecule has 0 spiro atoms. The summed E-state index contributed by atoms with van der Waals surface area (Å²) in [5.74, 6) is 1.31. The number of piperazine rings is 1. The van der Waals surface area contributed by atoms with E-state index < -0.39 is 0 Å². The van der Waals surface area contributed by atoms with Gasteiger partial charge in [-0.3, -0.25) is 9.88 Å². The first kappa shape index (κ1) is 13.3. The molecule has 1 unspecified atom stereocenters. The number of rotatable bonds is 2. The van der Waals surface area contributed by atoms with Crippen LogP contribution in [0.5, 0.6) is 0 Å². The molecular formula is C13H16ClN5O. The maximum absolute atomic E-state index is 6.22. The molecule has 1 fully saturated rings. The number of likely N-dealkylation sites (N-methyl/N-ethyl adjacent to an activating group) is 1. The molecule has 20 heavy (non-hydrogen) atoms. The number of hydrogen-bond acceptors (Lipinski definition) is 6. The van der Waals surface area contributed by atoms with Crippen LogP contribution < -0.4 is 4.90 Å². The molecule has 0 aromatic carbocycles. The summed E-state index contributed by atoms with van der Waals surface area (Å²) in [6, 6.07) is 2.01. The molecule has 0 amide bonds. The van der Waals surface area contributed by atoms with E-state index in [9.17, 15) is 0 Å². The average Bonchev–Trinajstić information content (AvgIpc) is 2.87. The van der Waals surface area contributed by atoms with Crippen molar-refractivity contribution in [2.45, 2.75) is 13.0 Å². The van der Waals surface area contributed by atoms with E-state index in [0.717, 1.165) is 25.3 Å². The summed E-state index contributed by atoms with van der Waals surface area (Å²) >= 11 is 6.22. The molecule has 7 heteroatoms. The molecule has 106 valence electrons. The topological polar surface area (TPSA) is 58.3 Å². The minimum Gasteiger partial charge on any atom is -0.367 e. The Kier molecular flexibility index (Phi) is 3.58. The number of aromatic nitrogens is 3. The molecule has 1 saturated heterocycles. The Bertz CT molecular complexity index is 602. The Morgan fingerprint density at radius 2 is 2.25 bits per heavy atom. The summed E-state index contributed by atoms with van der Waals surface area (Å²) in [5, 5.41) is 4.54. The first-order chi connectivity index (χ1) is 9.65. The lowest BCUT2D eigenvalue weighted by Crippen LogP contribution is -2.47. The largest absolute Gasteiger partial charge is 0.367 e. The Labute approximate surface area is 122 Å². The highest BCUT2D eigenvalue weighted by atomic mass is 35.5. The van der Waals surface area contributed by atoms with Crippen LogP contribution in [-0.2, 0) is 0 Å². The Balaban J connectivity index is 1.85. The highest BCUT2D eigenvalue weighted by Crippen LogP contribution is 2.30. The Morgan fingerprint density at radius 1 is 1.40 bits per heavy atom. The van der Waals surface area contributed by atoms with Crippen LogP contribution in [0, 0.1) is 6.92 Å². The van der Waals surface area contributed by atoms with Gasteiger partial charge in [0.25, 0.3) is 0 Å². The van der Waals surface area contributed by atoms with Crippen LogP contribution in [0.1, 0.15) is 17.8 Å². The number of halogens is 1. The molecule has 1 atom stereocenters. The SMILES string of the molecule is Cc1noc(C2CN(c3ccncc3Cl)CCN2C)n1. The fourth-order valence-corrected chi connectivity index (χ4v) is 2.67. The minimum absolute atomic E-state index is 0.0779. The van der Waals surface area contributed by atoms with E-state index >= 15 is 0 Å². The van der Waals surface area contributed by atoms with Gasteiger partial charge in [0.1, 0.15) is 6.04 Å². The Morgan fingerprint density at radius 3 is 2.95 bits per heavy atom. The lowest BCUT2D eigenvalue weighted by atomic mass is 10.1. The maximum atomic E-state index is 6.22. The normalized spacial score (nSPS) is 20.4. The lowest BCUT2D eigenvalue weighted by molar-refractivity contribution is 0.177. The Hall–Kier alpha value is -1.66. The highest BCUT2D eigenvalue weighted by Gasteiger charge is 2.30. The minimum atomic E-state index is 0.0779.